The molecule has 1 unspecified atom stereocenters. The number of thiophene rings is 1. The van der Waals surface area contributed by atoms with Crippen molar-refractivity contribution in [3.05, 3.63) is 91.4 Å². The number of likely N-dealkylation sites (tertiary alicyclic amines) is 1. The summed E-state index contributed by atoms with van der Waals surface area (Å²) in [6.07, 6.45) is 1.63. The predicted octanol–water partition coefficient (Wildman–Crippen LogP) is 5.38. The number of carbonyl (C=O) groups excluding carboxylic acids is 2. The van der Waals surface area contributed by atoms with E-state index in [1.165, 1.54) is 28.4 Å². The number of carbonyl (C=O) groups is 2. The molecule has 0 spiro atoms. The number of aryl methyl sites for hydroxylation is 1. The number of aromatic nitrogens is 1. The van der Waals surface area contributed by atoms with Gasteiger partial charge in [-0.1, -0.05) is 29.3 Å². The molecule has 0 bridgehead atoms. The first-order chi connectivity index (χ1) is 14.4. The van der Waals surface area contributed by atoms with Crippen LogP contribution in [0.4, 0.5) is 0 Å². The molecule has 3 heterocycles. The molecule has 8 heteroatoms. The first-order valence-corrected chi connectivity index (χ1v) is 10.7. The minimum Gasteiger partial charge on any atom is -0.507 e. The van der Waals surface area contributed by atoms with Gasteiger partial charge in [-0.15, -0.1) is 11.3 Å². The summed E-state index contributed by atoms with van der Waals surface area (Å²) in [7, 11) is 0. The Labute approximate surface area is 187 Å². The van der Waals surface area contributed by atoms with Crippen molar-refractivity contribution in [2.45, 2.75) is 19.5 Å². The van der Waals surface area contributed by atoms with E-state index in [4.69, 9.17) is 23.2 Å². The van der Waals surface area contributed by atoms with Crippen molar-refractivity contribution >= 4 is 52.0 Å². The number of hydrogen-bond acceptors (Lipinski definition) is 5. The normalized spacial score (nSPS) is 18.2. The van der Waals surface area contributed by atoms with Crippen LogP contribution in [0, 0.1) is 6.92 Å². The molecule has 1 N–H and O–H groups in total. The monoisotopic (exact) mass is 458 g/mol. The molecule has 1 aliphatic heterocycles. The number of amides is 1. The number of aliphatic hydroxyl groups is 1. The molecule has 0 aliphatic carbocycles. The number of aliphatic hydroxyl groups excluding tert-OH is 1. The molecule has 2 aromatic heterocycles. The maximum Gasteiger partial charge on any atom is 0.296 e. The lowest BCUT2D eigenvalue weighted by molar-refractivity contribution is -0.140. The van der Waals surface area contributed by atoms with Gasteiger partial charge in [0.25, 0.3) is 11.7 Å². The Morgan fingerprint density at radius 3 is 2.60 bits per heavy atom. The van der Waals surface area contributed by atoms with E-state index in [1.807, 2.05) is 24.4 Å². The highest BCUT2D eigenvalue weighted by Gasteiger charge is 2.47. The number of pyridine rings is 1. The fraction of sp³-hybridized carbons (Fsp3) is 0.136. The third-order valence-electron chi connectivity index (χ3n) is 4.94. The first-order valence-electron chi connectivity index (χ1n) is 9.06. The maximum absolute atomic E-state index is 13.0. The van der Waals surface area contributed by atoms with Crippen LogP contribution in [-0.2, 0) is 16.1 Å². The number of halogens is 2. The second kappa shape index (κ2) is 8.22. The molecular formula is C22H16Cl2N2O3S. The van der Waals surface area contributed by atoms with Crippen molar-refractivity contribution in [2.24, 2.45) is 0 Å². The fourth-order valence-electron chi connectivity index (χ4n) is 3.45. The molecule has 1 aromatic carbocycles. The highest BCUT2D eigenvalue weighted by Crippen LogP contribution is 2.43. The molecule has 3 aromatic rings. The highest BCUT2D eigenvalue weighted by atomic mass is 35.5. The molecule has 0 radical (unpaired) electrons. The summed E-state index contributed by atoms with van der Waals surface area (Å²) in [5, 5.41) is 13.5. The second-order valence-corrected chi connectivity index (χ2v) is 8.61. The van der Waals surface area contributed by atoms with Crippen LogP contribution in [0.5, 0.6) is 0 Å². The zero-order valence-corrected chi connectivity index (χ0v) is 18.1. The molecule has 1 amide bonds. The Hall–Kier alpha value is -2.67. The van der Waals surface area contributed by atoms with Crippen LogP contribution in [0.25, 0.3) is 5.76 Å². The lowest BCUT2D eigenvalue weighted by Crippen LogP contribution is -2.29. The van der Waals surface area contributed by atoms with E-state index in [0.717, 1.165) is 10.4 Å². The average Bonchev–Trinajstić information content (AvgIpc) is 3.26. The summed E-state index contributed by atoms with van der Waals surface area (Å²) in [5.74, 6) is -1.71. The van der Waals surface area contributed by atoms with Gasteiger partial charge in [0.2, 0.25) is 0 Å². The summed E-state index contributed by atoms with van der Waals surface area (Å²) >= 11 is 13.5. The van der Waals surface area contributed by atoms with E-state index in [9.17, 15) is 14.7 Å². The smallest absolute Gasteiger partial charge is 0.296 e. The second-order valence-electron chi connectivity index (χ2n) is 6.84. The van der Waals surface area contributed by atoms with E-state index in [1.54, 1.807) is 24.4 Å². The van der Waals surface area contributed by atoms with Gasteiger partial charge in [-0.2, -0.15) is 0 Å². The molecule has 4 rings (SSSR count). The molecule has 5 nitrogen and oxygen atoms in total. The lowest BCUT2D eigenvalue weighted by atomic mass is 9.98. The van der Waals surface area contributed by atoms with Gasteiger partial charge in [-0.25, -0.2) is 0 Å². The molecular weight excluding hydrogens is 443 g/mol. The van der Waals surface area contributed by atoms with Gasteiger partial charge < -0.3 is 10.0 Å². The molecule has 0 saturated carbocycles. The van der Waals surface area contributed by atoms with Crippen molar-refractivity contribution in [1.29, 1.82) is 0 Å². The zero-order chi connectivity index (χ0) is 21.4. The Kier molecular flexibility index (Phi) is 5.64. The van der Waals surface area contributed by atoms with Crippen molar-refractivity contribution < 1.29 is 14.7 Å². The summed E-state index contributed by atoms with van der Waals surface area (Å²) in [5.41, 5.74) is 1.92. The lowest BCUT2D eigenvalue weighted by Gasteiger charge is -2.24. The fourth-order valence-corrected chi connectivity index (χ4v) is 4.79. The number of benzene rings is 1. The van der Waals surface area contributed by atoms with Gasteiger partial charge >= 0.3 is 0 Å². The van der Waals surface area contributed by atoms with Crippen molar-refractivity contribution in [1.82, 2.24) is 9.88 Å². The third-order valence-corrected chi connectivity index (χ3v) is 6.75. The molecule has 1 aliphatic rings. The minimum absolute atomic E-state index is 0.0277. The standard InChI is InChI=1S/C22H16Cl2N2O3S/c1-12-7-9-30-21(12)18-17(19(27)13-5-6-15(23)16(24)10-13)20(28)22(29)26(18)11-14-4-2-3-8-25-14/h2-10,18,27H,11H2,1H3/b19-17-. The molecule has 152 valence electrons. The summed E-state index contributed by atoms with van der Waals surface area (Å²) in [4.78, 5) is 32.5. The van der Waals surface area contributed by atoms with Crippen LogP contribution in [-0.4, -0.2) is 26.7 Å². The largest absolute Gasteiger partial charge is 0.507 e. The van der Waals surface area contributed by atoms with Crippen LogP contribution in [0.2, 0.25) is 10.0 Å². The van der Waals surface area contributed by atoms with E-state index in [0.29, 0.717) is 16.3 Å². The topological polar surface area (TPSA) is 70.5 Å². The van der Waals surface area contributed by atoms with Gasteiger partial charge in [-0.3, -0.25) is 14.6 Å². The van der Waals surface area contributed by atoms with Crippen LogP contribution in [0.15, 0.2) is 59.6 Å². The quantitative estimate of drug-likeness (QED) is 0.323. The van der Waals surface area contributed by atoms with Crippen LogP contribution >= 0.6 is 34.5 Å². The molecule has 30 heavy (non-hydrogen) atoms. The van der Waals surface area contributed by atoms with E-state index in [2.05, 4.69) is 4.98 Å². The van der Waals surface area contributed by atoms with E-state index in [-0.39, 0.29) is 22.9 Å². The predicted molar refractivity (Wildman–Crippen MR) is 118 cm³/mol. The minimum atomic E-state index is -0.743. The van der Waals surface area contributed by atoms with Crippen LogP contribution in [0.3, 0.4) is 0 Å². The zero-order valence-electron chi connectivity index (χ0n) is 15.8. The number of nitrogens with zero attached hydrogens (tertiary/aromatic N) is 2. The summed E-state index contributed by atoms with van der Waals surface area (Å²) in [6.45, 7) is 2.05. The Balaban J connectivity index is 1.87. The van der Waals surface area contributed by atoms with Crippen LogP contribution in [0.1, 0.15) is 27.7 Å². The van der Waals surface area contributed by atoms with Gasteiger partial charge in [0, 0.05) is 16.6 Å². The number of hydrogen-bond donors (Lipinski definition) is 1. The van der Waals surface area contributed by atoms with Crippen LogP contribution < -0.4 is 0 Å². The first kappa shape index (κ1) is 20.6. The van der Waals surface area contributed by atoms with Crippen molar-refractivity contribution in [3.63, 3.8) is 0 Å². The number of rotatable bonds is 4. The Morgan fingerprint density at radius 2 is 1.97 bits per heavy atom. The van der Waals surface area contributed by atoms with Gasteiger partial charge in [-0.05, 0) is 54.3 Å². The summed E-state index contributed by atoms with van der Waals surface area (Å²) < 4.78 is 0. The van der Waals surface area contributed by atoms with Gasteiger partial charge in [0.15, 0.2) is 0 Å². The molecule has 1 atom stereocenters. The SMILES string of the molecule is Cc1ccsc1C1/C(=C(/O)c2ccc(Cl)c(Cl)c2)C(=O)C(=O)N1Cc1ccccn1. The van der Waals surface area contributed by atoms with Gasteiger partial charge in [0.05, 0.1) is 27.9 Å². The molecule has 1 fully saturated rings. The highest BCUT2D eigenvalue weighted by molar-refractivity contribution is 7.10. The van der Waals surface area contributed by atoms with E-state index < -0.39 is 17.7 Å². The molecule has 1 saturated heterocycles. The Bertz CT molecular complexity index is 1170. The maximum atomic E-state index is 13.0. The van der Waals surface area contributed by atoms with E-state index >= 15 is 0 Å². The third kappa shape index (κ3) is 3.62. The Morgan fingerprint density at radius 1 is 1.17 bits per heavy atom. The van der Waals surface area contributed by atoms with Crippen molar-refractivity contribution in [3.8, 4) is 0 Å². The summed E-state index contributed by atoms with van der Waals surface area (Å²) in [6, 6.07) is 11.2. The van der Waals surface area contributed by atoms with Crippen molar-refractivity contribution in [2.75, 3.05) is 0 Å². The number of ketones is 1. The number of Topliss-reactive ketones (excluding diaryl/α,β-unsaturated/α-hetero) is 1. The average molecular weight is 459 g/mol. The van der Waals surface area contributed by atoms with Gasteiger partial charge in [0.1, 0.15) is 11.8 Å².